The number of alkyl halides is 1. The molecule has 0 aliphatic heterocycles. The fourth-order valence-electron chi connectivity index (χ4n) is 2.68. The van der Waals surface area contributed by atoms with Crippen LogP contribution in [0.1, 0.15) is 13.8 Å². The number of H-pyrrole nitrogens is 1. The van der Waals surface area contributed by atoms with E-state index in [1.165, 1.54) is 21.0 Å². The van der Waals surface area contributed by atoms with Crippen molar-refractivity contribution in [2.75, 3.05) is 19.0 Å². The molecule has 0 unspecified atom stereocenters. The van der Waals surface area contributed by atoms with Crippen LogP contribution in [0.5, 0.6) is 5.88 Å². The average molecular weight is 355 g/mol. The average Bonchev–Trinajstić information content (AvgIpc) is 3.24. The monoisotopic (exact) mass is 355 g/mol. The minimum Gasteiger partial charge on any atom is -0.480 e. The molecule has 26 heavy (non-hydrogen) atoms. The van der Waals surface area contributed by atoms with Crippen LogP contribution in [-0.4, -0.2) is 48.9 Å². The Balaban J connectivity index is 1.79. The molecule has 0 saturated carbocycles. The molecule has 0 aliphatic rings. The zero-order valence-electron chi connectivity index (χ0n) is 14.6. The number of nitrogens with zero attached hydrogens (tertiary/aromatic N) is 5. The van der Waals surface area contributed by atoms with E-state index in [2.05, 4.69) is 30.4 Å². The highest BCUT2D eigenvalue weighted by atomic mass is 19.1. The second-order valence-electron chi connectivity index (χ2n) is 6.50. The third kappa shape index (κ3) is 2.92. The summed E-state index contributed by atoms with van der Waals surface area (Å²) in [6, 6.07) is 3.69. The van der Waals surface area contributed by atoms with Crippen LogP contribution in [0, 0.1) is 0 Å². The zero-order valence-corrected chi connectivity index (χ0v) is 14.6. The number of aromatic nitrogens is 6. The van der Waals surface area contributed by atoms with E-state index in [-0.39, 0.29) is 6.54 Å². The Bertz CT molecular complexity index is 1080. The number of rotatable bonds is 5. The predicted molar refractivity (Wildman–Crippen MR) is 96.1 cm³/mol. The van der Waals surface area contributed by atoms with Crippen molar-refractivity contribution in [1.29, 1.82) is 0 Å². The Kier molecular flexibility index (Phi) is 3.71. The number of hydrogen-bond donors (Lipinski definition) is 2. The van der Waals surface area contributed by atoms with Crippen molar-refractivity contribution in [3.8, 4) is 17.1 Å². The van der Waals surface area contributed by atoms with Gasteiger partial charge in [0.2, 0.25) is 11.8 Å². The largest absolute Gasteiger partial charge is 0.480 e. The quantitative estimate of drug-likeness (QED) is 0.572. The standard InChI is InChI=1S/C17H18FN7O/c1-17(2,18)9-20-16-23-14-13(15(24-16)26-3)10(8-19-14)11-5-7-25-12(22-11)4-6-21-25/h4-8H,9H2,1-3H3,(H2,19,20,23,24). The number of methoxy groups -OCH3 is 1. The lowest BCUT2D eigenvalue weighted by atomic mass is 10.1. The van der Waals surface area contributed by atoms with E-state index >= 15 is 0 Å². The summed E-state index contributed by atoms with van der Waals surface area (Å²) >= 11 is 0. The van der Waals surface area contributed by atoms with E-state index in [1.807, 2.05) is 18.3 Å². The molecule has 4 aromatic heterocycles. The van der Waals surface area contributed by atoms with Crippen LogP contribution in [0.15, 0.2) is 30.7 Å². The van der Waals surface area contributed by atoms with E-state index in [1.54, 1.807) is 16.9 Å². The number of halogens is 1. The van der Waals surface area contributed by atoms with Crippen molar-refractivity contribution in [1.82, 2.24) is 29.5 Å². The van der Waals surface area contributed by atoms with Crippen LogP contribution in [0.2, 0.25) is 0 Å². The first-order valence-electron chi connectivity index (χ1n) is 8.11. The van der Waals surface area contributed by atoms with Crippen molar-refractivity contribution in [2.24, 2.45) is 0 Å². The Morgan fingerprint density at radius 3 is 2.88 bits per heavy atom. The molecular weight excluding hydrogens is 337 g/mol. The van der Waals surface area contributed by atoms with Gasteiger partial charge in [0, 0.05) is 24.0 Å². The lowest BCUT2D eigenvalue weighted by Crippen LogP contribution is -2.25. The summed E-state index contributed by atoms with van der Waals surface area (Å²) in [5, 5.41) is 7.76. The van der Waals surface area contributed by atoms with Gasteiger partial charge >= 0.3 is 0 Å². The van der Waals surface area contributed by atoms with Gasteiger partial charge in [0.05, 0.1) is 30.9 Å². The first-order chi connectivity index (χ1) is 12.4. The lowest BCUT2D eigenvalue weighted by Gasteiger charge is -2.15. The summed E-state index contributed by atoms with van der Waals surface area (Å²) in [7, 11) is 1.54. The molecule has 0 bridgehead atoms. The molecule has 9 heteroatoms. The van der Waals surface area contributed by atoms with Gasteiger partial charge in [0.15, 0.2) is 5.65 Å². The predicted octanol–water partition coefficient (Wildman–Crippen LogP) is 2.84. The first kappa shape index (κ1) is 16.2. The molecular formula is C17H18FN7O. The highest BCUT2D eigenvalue weighted by Crippen LogP contribution is 2.33. The van der Waals surface area contributed by atoms with Crippen LogP contribution in [0.4, 0.5) is 10.3 Å². The van der Waals surface area contributed by atoms with Gasteiger partial charge in [-0.3, -0.25) is 0 Å². The Labute approximate surface area is 148 Å². The highest BCUT2D eigenvalue weighted by molar-refractivity contribution is 5.97. The number of hydrogen-bond acceptors (Lipinski definition) is 6. The number of nitrogens with one attached hydrogen (secondary N) is 2. The summed E-state index contributed by atoms with van der Waals surface area (Å²) in [4.78, 5) is 16.5. The van der Waals surface area contributed by atoms with Gasteiger partial charge in [-0.15, -0.1) is 0 Å². The second kappa shape index (κ2) is 5.94. The molecule has 0 aromatic carbocycles. The van der Waals surface area contributed by atoms with E-state index in [4.69, 9.17) is 4.74 Å². The normalized spacial score (nSPS) is 12.0. The molecule has 0 amide bonds. The maximum Gasteiger partial charge on any atom is 0.228 e. The van der Waals surface area contributed by atoms with Crippen molar-refractivity contribution >= 4 is 22.6 Å². The van der Waals surface area contributed by atoms with Crippen LogP contribution < -0.4 is 10.1 Å². The molecule has 0 spiro atoms. The Morgan fingerprint density at radius 2 is 2.12 bits per heavy atom. The van der Waals surface area contributed by atoms with Crippen molar-refractivity contribution in [2.45, 2.75) is 19.5 Å². The summed E-state index contributed by atoms with van der Waals surface area (Å²) < 4.78 is 20.9. The SMILES string of the molecule is COc1nc(NCC(C)(C)F)nc2[nH]cc(-c3ccn4nccc4n3)c12. The Hall–Kier alpha value is -3.23. The highest BCUT2D eigenvalue weighted by Gasteiger charge is 2.19. The second-order valence-corrected chi connectivity index (χ2v) is 6.50. The first-order valence-corrected chi connectivity index (χ1v) is 8.11. The molecule has 0 aliphatic carbocycles. The molecule has 4 rings (SSSR count). The molecule has 2 N–H and O–H groups in total. The maximum atomic E-state index is 13.7. The lowest BCUT2D eigenvalue weighted by molar-refractivity contribution is 0.234. The molecule has 0 radical (unpaired) electrons. The van der Waals surface area contributed by atoms with Gasteiger partial charge in [-0.05, 0) is 19.9 Å². The minimum absolute atomic E-state index is 0.0919. The maximum absolute atomic E-state index is 13.7. The summed E-state index contributed by atoms with van der Waals surface area (Å²) in [5.74, 6) is 0.688. The molecule has 0 atom stereocenters. The van der Waals surface area contributed by atoms with E-state index < -0.39 is 5.67 Å². The number of aromatic amines is 1. The number of ether oxygens (including phenoxy) is 1. The molecule has 4 heterocycles. The molecule has 8 nitrogen and oxygen atoms in total. The molecule has 0 saturated heterocycles. The van der Waals surface area contributed by atoms with Crippen molar-refractivity contribution in [3.05, 3.63) is 30.7 Å². The van der Waals surface area contributed by atoms with E-state index in [0.29, 0.717) is 22.9 Å². The van der Waals surface area contributed by atoms with Crippen molar-refractivity contribution < 1.29 is 9.13 Å². The van der Waals surface area contributed by atoms with Gasteiger partial charge in [0.1, 0.15) is 11.3 Å². The minimum atomic E-state index is -1.38. The topological polar surface area (TPSA) is 93.0 Å². The summed E-state index contributed by atoms with van der Waals surface area (Å²) in [6.07, 6.45) is 5.33. The van der Waals surface area contributed by atoms with Crippen LogP contribution in [0.3, 0.4) is 0 Å². The Morgan fingerprint density at radius 1 is 1.27 bits per heavy atom. The van der Waals surface area contributed by atoms with Gasteiger partial charge in [-0.25, -0.2) is 13.9 Å². The third-order valence-electron chi connectivity index (χ3n) is 3.89. The molecule has 134 valence electrons. The van der Waals surface area contributed by atoms with Crippen molar-refractivity contribution in [3.63, 3.8) is 0 Å². The zero-order chi connectivity index (χ0) is 18.3. The molecule has 4 aromatic rings. The third-order valence-corrected chi connectivity index (χ3v) is 3.89. The van der Waals surface area contributed by atoms with Crippen LogP contribution in [0.25, 0.3) is 27.9 Å². The van der Waals surface area contributed by atoms with Gasteiger partial charge in [0.25, 0.3) is 0 Å². The number of fused-ring (bicyclic) bond motifs is 2. The fourth-order valence-corrected chi connectivity index (χ4v) is 2.68. The smallest absolute Gasteiger partial charge is 0.228 e. The van der Waals surface area contributed by atoms with Gasteiger partial charge in [-0.2, -0.15) is 15.1 Å². The van der Waals surface area contributed by atoms with E-state index in [9.17, 15) is 4.39 Å². The molecule has 0 fully saturated rings. The summed E-state index contributed by atoms with van der Waals surface area (Å²) in [5.41, 5.74) is 1.51. The van der Waals surface area contributed by atoms with Gasteiger partial charge in [-0.1, -0.05) is 0 Å². The summed E-state index contributed by atoms with van der Waals surface area (Å²) in [6.45, 7) is 3.07. The van der Waals surface area contributed by atoms with Gasteiger partial charge < -0.3 is 15.0 Å². The van der Waals surface area contributed by atoms with Crippen LogP contribution in [-0.2, 0) is 0 Å². The van der Waals surface area contributed by atoms with E-state index in [0.717, 1.165) is 16.9 Å². The number of anilines is 1. The fraction of sp³-hybridized carbons (Fsp3) is 0.294. The van der Waals surface area contributed by atoms with Crippen LogP contribution >= 0.6 is 0 Å².